The van der Waals surface area contributed by atoms with Crippen LogP contribution in [0.2, 0.25) is 0 Å². The first-order valence-corrected chi connectivity index (χ1v) is 9.80. The average Bonchev–Trinajstić information content (AvgIpc) is 2.57. The molecule has 0 rings (SSSR count). The molecule has 7 nitrogen and oxygen atoms in total. The maximum atomic E-state index is 12.7. The molecule has 0 saturated carbocycles. The second kappa shape index (κ2) is 10.8. The first-order chi connectivity index (χ1) is 14.1. The zero-order chi connectivity index (χ0) is 25.6. The van der Waals surface area contributed by atoms with Gasteiger partial charge >= 0.3 is 36.1 Å². The highest BCUT2D eigenvalue weighted by Gasteiger charge is 2.57. The predicted molar refractivity (Wildman–Crippen MR) is 82.3 cm³/mol. The molecule has 0 aliphatic heterocycles. The second-order valence-corrected chi connectivity index (χ2v) is 7.81. The summed E-state index contributed by atoms with van der Waals surface area (Å²) in [7, 11) is -5.39. The molecule has 0 aliphatic carbocycles. The highest BCUT2D eigenvalue weighted by molar-refractivity contribution is 7.87. The number of halogens is 10. The second-order valence-electron chi connectivity index (χ2n) is 6.21. The Labute approximate surface area is 173 Å². The molecule has 18 heteroatoms. The van der Waals surface area contributed by atoms with Crippen molar-refractivity contribution < 1.29 is 75.9 Å². The van der Waals surface area contributed by atoms with E-state index in [4.69, 9.17) is 4.55 Å². The fourth-order valence-electron chi connectivity index (χ4n) is 1.84. The Balaban J connectivity index is 4.68. The number of alkyl halides is 10. The average molecular weight is 518 g/mol. The number of carbonyl (C=O) groups excluding carboxylic acids is 2. The van der Waals surface area contributed by atoms with Gasteiger partial charge in [0.05, 0.1) is 19.6 Å². The lowest BCUT2D eigenvalue weighted by Crippen LogP contribution is -2.37. The molecule has 0 aliphatic rings. The van der Waals surface area contributed by atoms with Crippen LogP contribution in [0.1, 0.15) is 32.1 Å². The molecule has 0 fully saturated rings. The highest BCUT2D eigenvalue weighted by atomic mass is 32.2. The van der Waals surface area contributed by atoms with Gasteiger partial charge in [0.2, 0.25) is 0 Å². The molecule has 0 amide bonds. The van der Waals surface area contributed by atoms with Gasteiger partial charge in [0.25, 0.3) is 10.1 Å². The number of carbonyl (C=O) groups is 2. The third kappa shape index (κ3) is 9.74. The normalized spacial score (nSPS) is 14.7. The number of hydrogen-bond acceptors (Lipinski definition) is 6. The van der Waals surface area contributed by atoms with Crippen LogP contribution < -0.4 is 0 Å². The molecule has 0 aromatic rings. The molecule has 190 valence electrons. The van der Waals surface area contributed by atoms with Crippen LogP contribution in [0.3, 0.4) is 0 Å². The Morgan fingerprint density at radius 3 is 1.47 bits per heavy atom. The summed E-state index contributed by atoms with van der Waals surface area (Å²) in [5.41, 5.74) is 0. The van der Waals surface area contributed by atoms with Crippen molar-refractivity contribution in [2.24, 2.45) is 0 Å². The largest absolute Gasteiger partial charge is 0.466 e. The summed E-state index contributed by atoms with van der Waals surface area (Å²) in [6, 6.07) is 0. The van der Waals surface area contributed by atoms with Crippen molar-refractivity contribution in [3.05, 3.63) is 0 Å². The van der Waals surface area contributed by atoms with E-state index >= 15 is 0 Å². The molecule has 0 aromatic carbocycles. The molecule has 0 saturated heterocycles. The monoisotopic (exact) mass is 518 g/mol. The minimum atomic E-state index is -5.89. The Kier molecular flexibility index (Phi) is 10.2. The molecule has 32 heavy (non-hydrogen) atoms. The van der Waals surface area contributed by atoms with Crippen LogP contribution in [0, 0.1) is 0 Å². The number of ether oxygens (including phenoxy) is 2. The minimum Gasteiger partial charge on any atom is -0.466 e. The first kappa shape index (κ1) is 30.1. The summed E-state index contributed by atoms with van der Waals surface area (Å²) < 4.78 is 162. The molecule has 0 bridgehead atoms. The van der Waals surface area contributed by atoms with Gasteiger partial charge in [0.1, 0.15) is 0 Å². The van der Waals surface area contributed by atoms with E-state index in [0.29, 0.717) is 0 Å². The molecular formula is C14H16F10O7S. The molecule has 1 atom stereocenters. The molecule has 1 N–H and O–H groups in total. The minimum absolute atomic E-state index is 1.02. The maximum Gasteiger partial charge on any atom is 0.453 e. The van der Waals surface area contributed by atoms with Crippen LogP contribution in [-0.2, 0) is 29.2 Å². The van der Waals surface area contributed by atoms with Gasteiger partial charge in [-0.05, 0) is 12.8 Å². The van der Waals surface area contributed by atoms with E-state index in [-0.39, 0.29) is 0 Å². The number of hydrogen-bond donors (Lipinski definition) is 1. The summed E-state index contributed by atoms with van der Waals surface area (Å²) >= 11 is 0. The lowest BCUT2D eigenvalue weighted by Gasteiger charge is -2.19. The summed E-state index contributed by atoms with van der Waals surface area (Å²) in [6.45, 7) is -2.21. The lowest BCUT2D eigenvalue weighted by molar-refractivity contribution is -0.285. The van der Waals surface area contributed by atoms with Crippen LogP contribution in [0.4, 0.5) is 43.9 Å². The van der Waals surface area contributed by atoms with Crippen molar-refractivity contribution in [3.63, 3.8) is 0 Å². The molecule has 0 aromatic heterocycles. The zero-order valence-electron chi connectivity index (χ0n) is 15.6. The van der Waals surface area contributed by atoms with Gasteiger partial charge in [0.15, 0.2) is 5.25 Å². The number of rotatable bonds is 12. The van der Waals surface area contributed by atoms with Gasteiger partial charge in [0, 0.05) is 12.8 Å². The van der Waals surface area contributed by atoms with Crippen LogP contribution in [-0.4, -0.2) is 67.6 Å². The third-order valence-corrected chi connectivity index (χ3v) is 4.66. The van der Waals surface area contributed by atoms with Crippen LogP contribution in [0.5, 0.6) is 0 Å². The smallest absolute Gasteiger partial charge is 0.453 e. The zero-order valence-corrected chi connectivity index (χ0v) is 16.4. The molecule has 0 radical (unpaired) electrons. The Bertz CT molecular complexity index is 746. The van der Waals surface area contributed by atoms with E-state index in [1.54, 1.807) is 0 Å². The quantitative estimate of drug-likeness (QED) is 0.182. The van der Waals surface area contributed by atoms with Gasteiger partial charge in [-0.2, -0.15) is 52.3 Å². The van der Waals surface area contributed by atoms with Crippen molar-refractivity contribution in [1.29, 1.82) is 0 Å². The summed E-state index contributed by atoms with van der Waals surface area (Å²) in [5.74, 6) is -13.8. The fourth-order valence-corrected chi connectivity index (χ4v) is 2.50. The Morgan fingerprint density at radius 2 is 1.12 bits per heavy atom. The SMILES string of the molecule is O=C(CC(C(=O)OCCCC(F)(F)C(F)(F)F)S(=O)(=O)O)OCCCC(F)(F)C(F)(F)F. The van der Waals surface area contributed by atoms with Gasteiger partial charge in [-0.1, -0.05) is 0 Å². The van der Waals surface area contributed by atoms with Crippen LogP contribution >= 0.6 is 0 Å². The van der Waals surface area contributed by atoms with Crippen molar-refractivity contribution in [2.45, 2.75) is 61.6 Å². The van der Waals surface area contributed by atoms with E-state index < -0.39 is 96.8 Å². The van der Waals surface area contributed by atoms with E-state index in [9.17, 15) is 61.9 Å². The van der Waals surface area contributed by atoms with Gasteiger partial charge in [-0.25, -0.2) is 0 Å². The lowest BCUT2D eigenvalue weighted by atomic mass is 10.2. The fraction of sp³-hybridized carbons (Fsp3) is 0.857. The van der Waals surface area contributed by atoms with Gasteiger partial charge in [-0.15, -0.1) is 0 Å². The van der Waals surface area contributed by atoms with Crippen molar-refractivity contribution in [3.8, 4) is 0 Å². The first-order valence-electron chi connectivity index (χ1n) is 8.29. The molecule has 1 unspecified atom stereocenters. The van der Waals surface area contributed by atoms with Crippen LogP contribution in [0.15, 0.2) is 0 Å². The maximum absolute atomic E-state index is 12.7. The summed E-state index contributed by atoms with van der Waals surface area (Å²) in [4.78, 5) is 23.1. The summed E-state index contributed by atoms with van der Waals surface area (Å²) in [6.07, 6.45) is -19.0. The molecule has 0 spiro atoms. The highest BCUT2D eigenvalue weighted by Crippen LogP contribution is 2.39. The van der Waals surface area contributed by atoms with Crippen LogP contribution in [0.25, 0.3) is 0 Å². The van der Waals surface area contributed by atoms with Crippen molar-refractivity contribution >= 4 is 22.1 Å². The van der Waals surface area contributed by atoms with Crippen molar-refractivity contribution in [1.82, 2.24) is 0 Å². The standard InChI is InChI=1S/C14H16F10O7S/c15-11(16,13(19,20)21)3-1-5-30-9(25)7-8(32(27,28)29)10(26)31-6-2-4-12(17,18)14(22,23)24/h8H,1-7H2,(H,27,28,29). The number of esters is 2. The Morgan fingerprint density at radius 1 is 0.750 bits per heavy atom. The third-order valence-electron chi connectivity index (χ3n) is 3.58. The van der Waals surface area contributed by atoms with Crippen molar-refractivity contribution in [2.75, 3.05) is 13.2 Å². The molecular weight excluding hydrogens is 502 g/mol. The summed E-state index contributed by atoms with van der Waals surface area (Å²) in [5, 5.41) is -2.71. The van der Waals surface area contributed by atoms with E-state index in [0.717, 1.165) is 0 Å². The Hall–Kier alpha value is -1.85. The van der Waals surface area contributed by atoms with Gasteiger partial charge < -0.3 is 9.47 Å². The van der Waals surface area contributed by atoms with E-state index in [2.05, 4.69) is 9.47 Å². The van der Waals surface area contributed by atoms with E-state index in [1.807, 2.05) is 0 Å². The molecule has 0 heterocycles. The predicted octanol–water partition coefficient (Wildman–Crippen LogP) is 3.67. The van der Waals surface area contributed by atoms with Gasteiger partial charge in [-0.3, -0.25) is 14.1 Å². The van der Waals surface area contributed by atoms with E-state index in [1.165, 1.54) is 0 Å². The topological polar surface area (TPSA) is 107 Å².